The molecule has 1 fully saturated rings. The Labute approximate surface area is 120 Å². The molecule has 0 spiro atoms. The van der Waals surface area contributed by atoms with Gasteiger partial charge in [0.2, 0.25) is 0 Å². The van der Waals surface area contributed by atoms with Gasteiger partial charge in [0.05, 0.1) is 11.6 Å². The second-order valence-corrected chi connectivity index (χ2v) is 5.57. The lowest BCUT2D eigenvalue weighted by Gasteiger charge is -2.39. The monoisotopic (exact) mass is 275 g/mol. The third-order valence-electron chi connectivity index (χ3n) is 4.36. The summed E-state index contributed by atoms with van der Waals surface area (Å²) in [5, 5.41) is 9.13. The maximum absolute atomic E-state index is 13.4. The SMILES string of the molecule is CCC1CCN(Cc2cc(F)ccc2C#N)C(CN)C1. The van der Waals surface area contributed by atoms with Crippen molar-refractivity contribution in [1.29, 1.82) is 5.26 Å². The number of nitriles is 1. The average molecular weight is 275 g/mol. The molecule has 0 saturated carbocycles. The van der Waals surface area contributed by atoms with Crippen LogP contribution in [0.4, 0.5) is 4.39 Å². The molecule has 0 bridgehead atoms. The molecule has 0 amide bonds. The summed E-state index contributed by atoms with van der Waals surface area (Å²) in [6, 6.07) is 6.84. The van der Waals surface area contributed by atoms with Crippen LogP contribution in [0.15, 0.2) is 18.2 Å². The summed E-state index contributed by atoms with van der Waals surface area (Å²) >= 11 is 0. The molecule has 2 N–H and O–H groups in total. The Morgan fingerprint density at radius 3 is 2.95 bits per heavy atom. The highest BCUT2D eigenvalue weighted by atomic mass is 19.1. The number of halogens is 1. The predicted molar refractivity (Wildman–Crippen MR) is 77.4 cm³/mol. The van der Waals surface area contributed by atoms with Gasteiger partial charge >= 0.3 is 0 Å². The normalized spacial score (nSPS) is 23.5. The fourth-order valence-corrected chi connectivity index (χ4v) is 3.03. The molecule has 2 unspecified atom stereocenters. The highest BCUT2D eigenvalue weighted by Crippen LogP contribution is 2.27. The zero-order valence-corrected chi connectivity index (χ0v) is 12.0. The van der Waals surface area contributed by atoms with Crippen molar-refractivity contribution in [2.24, 2.45) is 11.7 Å². The smallest absolute Gasteiger partial charge is 0.123 e. The topological polar surface area (TPSA) is 53.0 Å². The first-order valence-corrected chi connectivity index (χ1v) is 7.30. The minimum absolute atomic E-state index is 0.285. The van der Waals surface area contributed by atoms with E-state index in [2.05, 4.69) is 17.9 Å². The Kier molecular flexibility index (Phi) is 5.11. The van der Waals surface area contributed by atoms with Crippen LogP contribution in [0, 0.1) is 23.1 Å². The number of piperidine rings is 1. The quantitative estimate of drug-likeness (QED) is 0.919. The molecular formula is C16H22FN3. The van der Waals surface area contributed by atoms with Gasteiger partial charge in [0.15, 0.2) is 0 Å². The second kappa shape index (κ2) is 6.83. The molecular weight excluding hydrogens is 253 g/mol. The lowest BCUT2D eigenvalue weighted by Crippen LogP contribution is -2.46. The van der Waals surface area contributed by atoms with Crippen molar-refractivity contribution in [2.45, 2.75) is 38.8 Å². The predicted octanol–water partition coefficient (Wildman–Crippen LogP) is 2.65. The van der Waals surface area contributed by atoms with Crippen LogP contribution in [0.3, 0.4) is 0 Å². The minimum atomic E-state index is -0.285. The van der Waals surface area contributed by atoms with Gasteiger partial charge in [-0.1, -0.05) is 13.3 Å². The van der Waals surface area contributed by atoms with Gasteiger partial charge in [0, 0.05) is 19.1 Å². The van der Waals surface area contributed by atoms with Crippen LogP contribution in [0.2, 0.25) is 0 Å². The molecule has 2 rings (SSSR count). The van der Waals surface area contributed by atoms with E-state index in [4.69, 9.17) is 11.0 Å². The number of nitrogens with zero attached hydrogens (tertiary/aromatic N) is 2. The van der Waals surface area contributed by atoms with E-state index in [0.29, 0.717) is 24.7 Å². The number of hydrogen-bond donors (Lipinski definition) is 1. The lowest BCUT2D eigenvalue weighted by molar-refractivity contribution is 0.107. The first kappa shape index (κ1) is 15.0. The fourth-order valence-electron chi connectivity index (χ4n) is 3.03. The minimum Gasteiger partial charge on any atom is -0.329 e. The van der Waals surface area contributed by atoms with Crippen LogP contribution >= 0.6 is 0 Å². The van der Waals surface area contributed by atoms with Crippen LogP contribution < -0.4 is 5.73 Å². The number of rotatable bonds is 4. The van der Waals surface area contributed by atoms with Crippen LogP contribution in [-0.2, 0) is 6.54 Å². The summed E-state index contributed by atoms with van der Waals surface area (Å²) < 4.78 is 13.4. The van der Waals surface area contributed by atoms with Crippen LogP contribution in [0.25, 0.3) is 0 Å². The van der Waals surface area contributed by atoms with Crippen molar-refractivity contribution in [3.8, 4) is 6.07 Å². The largest absolute Gasteiger partial charge is 0.329 e. The van der Waals surface area contributed by atoms with Crippen molar-refractivity contribution < 1.29 is 4.39 Å². The van der Waals surface area contributed by atoms with E-state index >= 15 is 0 Å². The molecule has 20 heavy (non-hydrogen) atoms. The summed E-state index contributed by atoms with van der Waals surface area (Å²) in [6.45, 7) is 4.42. The van der Waals surface area contributed by atoms with E-state index in [1.807, 2.05) is 0 Å². The molecule has 4 heteroatoms. The summed E-state index contributed by atoms with van der Waals surface area (Å²) in [5.41, 5.74) is 7.20. The van der Waals surface area contributed by atoms with E-state index < -0.39 is 0 Å². The van der Waals surface area contributed by atoms with Crippen molar-refractivity contribution in [3.05, 3.63) is 35.1 Å². The zero-order valence-electron chi connectivity index (χ0n) is 12.0. The molecule has 2 atom stereocenters. The van der Waals surface area contributed by atoms with Gasteiger partial charge in [-0.3, -0.25) is 4.90 Å². The van der Waals surface area contributed by atoms with Crippen molar-refractivity contribution in [3.63, 3.8) is 0 Å². The Morgan fingerprint density at radius 1 is 1.50 bits per heavy atom. The maximum Gasteiger partial charge on any atom is 0.123 e. The summed E-state index contributed by atoms with van der Waals surface area (Å²) in [6.07, 6.45) is 3.45. The Hall–Kier alpha value is -1.44. The second-order valence-electron chi connectivity index (χ2n) is 5.57. The van der Waals surface area contributed by atoms with E-state index in [9.17, 15) is 4.39 Å². The van der Waals surface area contributed by atoms with E-state index in [1.165, 1.54) is 18.6 Å². The molecule has 1 aliphatic heterocycles. The van der Waals surface area contributed by atoms with E-state index in [1.54, 1.807) is 6.07 Å². The molecule has 1 aromatic carbocycles. The number of benzene rings is 1. The zero-order chi connectivity index (χ0) is 14.5. The molecule has 0 radical (unpaired) electrons. The van der Waals surface area contributed by atoms with Crippen molar-refractivity contribution in [2.75, 3.05) is 13.1 Å². The van der Waals surface area contributed by atoms with Gasteiger partial charge in [0.1, 0.15) is 5.82 Å². The third kappa shape index (κ3) is 3.36. The molecule has 1 aliphatic rings. The summed E-state index contributed by atoms with van der Waals surface area (Å²) in [5.74, 6) is 0.453. The highest BCUT2D eigenvalue weighted by molar-refractivity contribution is 5.37. The van der Waals surface area contributed by atoms with Gasteiger partial charge in [-0.15, -0.1) is 0 Å². The molecule has 0 aromatic heterocycles. The van der Waals surface area contributed by atoms with Gasteiger partial charge in [0.25, 0.3) is 0 Å². The first-order chi connectivity index (χ1) is 9.67. The molecule has 1 saturated heterocycles. The van der Waals surface area contributed by atoms with Crippen LogP contribution in [0.5, 0.6) is 0 Å². The summed E-state index contributed by atoms with van der Waals surface area (Å²) in [4.78, 5) is 2.29. The maximum atomic E-state index is 13.4. The number of nitrogens with two attached hydrogens (primary N) is 1. The summed E-state index contributed by atoms with van der Waals surface area (Å²) in [7, 11) is 0. The Bertz CT molecular complexity index is 495. The lowest BCUT2D eigenvalue weighted by atomic mass is 9.88. The van der Waals surface area contributed by atoms with Crippen LogP contribution in [0.1, 0.15) is 37.3 Å². The highest BCUT2D eigenvalue weighted by Gasteiger charge is 2.27. The van der Waals surface area contributed by atoms with Gasteiger partial charge in [-0.25, -0.2) is 4.39 Å². The molecule has 1 aromatic rings. The Morgan fingerprint density at radius 2 is 2.30 bits per heavy atom. The average Bonchev–Trinajstić information content (AvgIpc) is 2.48. The van der Waals surface area contributed by atoms with Crippen LogP contribution in [-0.4, -0.2) is 24.0 Å². The van der Waals surface area contributed by atoms with Crippen molar-refractivity contribution in [1.82, 2.24) is 4.90 Å². The molecule has 1 heterocycles. The number of hydrogen-bond acceptors (Lipinski definition) is 3. The molecule has 3 nitrogen and oxygen atoms in total. The molecule has 108 valence electrons. The van der Waals surface area contributed by atoms with E-state index in [0.717, 1.165) is 30.9 Å². The number of likely N-dealkylation sites (tertiary alicyclic amines) is 1. The fraction of sp³-hybridized carbons (Fsp3) is 0.562. The van der Waals surface area contributed by atoms with Gasteiger partial charge in [-0.05, 0) is 49.1 Å². The van der Waals surface area contributed by atoms with Gasteiger partial charge < -0.3 is 5.73 Å². The van der Waals surface area contributed by atoms with E-state index in [-0.39, 0.29) is 5.82 Å². The third-order valence-corrected chi connectivity index (χ3v) is 4.36. The first-order valence-electron chi connectivity index (χ1n) is 7.30. The standard InChI is InChI=1S/C16H22FN3/c1-2-12-5-6-20(16(7-12)10-19)11-14-8-15(17)4-3-13(14)9-18/h3-4,8,12,16H,2,5-7,10-11,19H2,1H3. The van der Waals surface area contributed by atoms with Crippen molar-refractivity contribution >= 4 is 0 Å². The molecule has 0 aliphatic carbocycles. The van der Waals surface area contributed by atoms with Gasteiger partial charge in [-0.2, -0.15) is 5.26 Å². The Balaban J connectivity index is 2.13.